The summed E-state index contributed by atoms with van der Waals surface area (Å²) in [5, 5.41) is 34.6. The molecule has 2 heterocycles. The second-order valence-electron chi connectivity index (χ2n) is 14.3. The first-order valence-electron chi connectivity index (χ1n) is 17.1. The fourth-order valence-electron chi connectivity index (χ4n) is 7.01. The minimum Gasteiger partial charge on any atom is -0.459 e. The van der Waals surface area contributed by atoms with Crippen LogP contribution in [0.2, 0.25) is 0 Å². The monoisotopic (exact) mass is 671 g/mol. The molecule has 268 valence electrons. The number of rotatable bonds is 6. The van der Waals surface area contributed by atoms with Gasteiger partial charge in [-0.2, -0.15) is 0 Å². The van der Waals surface area contributed by atoms with Crippen molar-refractivity contribution >= 4 is 11.8 Å². The molecule has 1 fully saturated rings. The first kappa shape index (κ1) is 39.8. The maximum absolute atomic E-state index is 14.2. The van der Waals surface area contributed by atoms with Crippen molar-refractivity contribution in [3.8, 4) is 11.8 Å². The number of aliphatic hydroxyl groups excluding tert-OH is 2. The molecular weight excluding hydrogens is 614 g/mol. The Kier molecular flexibility index (Phi) is 14.0. The lowest BCUT2D eigenvalue weighted by Gasteiger charge is -2.47. The molecule has 3 rings (SSSR count). The fourth-order valence-corrected chi connectivity index (χ4v) is 7.01. The molecule has 0 bridgehead atoms. The Bertz CT molecular complexity index is 1320. The van der Waals surface area contributed by atoms with Crippen molar-refractivity contribution in [2.24, 2.45) is 17.8 Å². The molecule has 1 saturated heterocycles. The molecule has 0 amide bonds. The van der Waals surface area contributed by atoms with Gasteiger partial charge in [0.1, 0.15) is 17.8 Å². The van der Waals surface area contributed by atoms with Gasteiger partial charge in [-0.05, 0) is 79.3 Å². The third-order valence-electron chi connectivity index (χ3n) is 10.0. The van der Waals surface area contributed by atoms with E-state index < -0.39 is 65.6 Å². The molecule has 1 aromatic rings. The average Bonchev–Trinajstić information content (AvgIpc) is 3.04. The average molecular weight is 672 g/mol. The van der Waals surface area contributed by atoms with Gasteiger partial charge in [-0.15, -0.1) is 0 Å². The predicted molar refractivity (Wildman–Crippen MR) is 183 cm³/mol. The minimum atomic E-state index is -1.70. The molecule has 48 heavy (non-hydrogen) atoms. The first-order valence-corrected chi connectivity index (χ1v) is 17.1. The molecule has 2 aliphatic rings. The van der Waals surface area contributed by atoms with E-state index in [9.17, 15) is 24.9 Å². The third-order valence-corrected chi connectivity index (χ3v) is 10.0. The van der Waals surface area contributed by atoms with Gasteiger partial charge in [0.2, 0.25) is 0 Å². The molecule has 3 N–H and O–H groups in total. The topological polar surface area (TPSA) is 135 Å². The van der Waals surface area contributed by atoms with Crippen LogP contribution in [0.1, 0.15) is 79.7 Å². The highest BCUT2D eigenvalue weighted by molar-refractivity contribution is 5.97. The first-order chi connectivity index (χ1) is 22.4. The quantitative estimate of drug-likeness (QED) is 0.302. The number of Topliss-reactive ketones (excluding diaryl/α,β-unsaturated/α-hetero) is 1. The standard InChI is InChI=1S/C38H57NO9/c1-11-30-37(6,44)22-28(19-15-18-27-16-13-12-14-17-27)31(40)23(2)21-38(7,45-10)34(25(4)32(41)26(5)35(43)47-30)48-36-33(42)29(39(8)9)20-24(3)46-36/h12-14,16-17,22-26,29-30,32-34,36,41-42,44H,11,19-21H2,1-10H3/t23-,24-,25+,26-,29+,30-,32+,33-,34-,36?,37+,38+/m1/s1. The molecule has 10 heteroatoms. The van der Waals surface area contributed by atoms with E-state index in [2.05, 4.69) is 11.8 Å². The summed E-state index contributed by atoms with van der Waals surface area (Å²) in [6, 6.07) is 9.15. The van der Waals surface area contributed by atoms with Crippen LogP contribution >= 0.6 is 0 Å². The largest absolute Gasteiger partial charge is 0.459 e. The van der Waals surface area contributed by atoms with Crippen LogP contribution in [0.15, 0.2) is 42.0 Å². The molecule has 0 aliphatic carbocycles. The molecular formula is C38H57NO9. The number of ether oxygens (including phenoxy) is 4. The Labute approximate surface area is 286 Å². The number of cyclic esters (lactones) is 1. The number of esters is 1. The van der Waals surface area contributed by atoms with E-state index >= 15 is 0 Å². The van der Waals surface area contributed by atoms with E-state index in [1.807, 2.05) is 56.3 Å². The van der Waals surface area contributed by atoms with E-state index in [1.54, 1.807) is 34.6 Å². The van der Waals surface area contributed by atoms with Gasteiger partial charge in [-0.1, -0.05) is 50.8 Å². The van der Waals surface area contributed by atoms with E-state index in [0.717, 1.165) is 5.56 Å². The summed E-state index contributed by atoms with van der Waals surface area (Å²) < 4.78 is 24.7. The lowest BCUT2D eigenvalue weighted by atomic mass is 9.76. The van der Waals surface area contributed by atoms with Crippen molar-refractivity contribution in [1.29, 1.82) is 0 Å². The Hall–Kier alpha value is -2.62. The number of ketones is 1. The molecule has 2 aliphatic heterocycles. The number of allylic oxidation sites excluding steroid dienone is 1. The number of hydrogen-bond acceptors (Lipinski definition) is 10. The maximum Gasteiger partial charge on any atom is 0.311 e. The predicted octanol–water partition coefficient (Wildman–Crippen LogP) is 3.89. The normalized spacial score (nSPS) is 38.8. The summed E-state index contributed by atoms with van der Waals surface area (Å²) in [5.41, 5.74) is -1.82. The number of benzene rings is 1. The maximum atomic E-state index is 14.2. The van der Waals surface area contributed by atoms with E-state index in [4.69, 9.17) is 18.9 Å². The number of aliphatic hydroxyl groups is 3. The highest BCUT2D eigenvalue weighted by atomic mass is 16.7. The van der Waals surface area contributed by atoms with E-state index in [-0.39, 0.29) is 42.8 Å². The van der Waals surface area contributed by atoms with Gasteiger partial charge in [0, 0.05) is 42.5 Å². The zero-order chi connectivity index (χ0) is 36.0. The number of likely N-dealkylation sites (N-methyl/N-ethyl adjacent to an activating group) is 1. The Balaban J connectivity index is 2.11. The van der Waals surface area contributed by atoms with Crippen molar-refractivity contribution in [3.63, 3.8) is 0 Å². The molecule has 0 spiro atoms. The summed E-state index contributed by atoms with van der Waals surface area (Å²) in [6.45, 7) is 12.1. The summed E-state index contributed by atoms with van der Waals surface area (Å²) in [7, 11) is 5.27. The van der Waals surface area contributed by atoms with Gasteiger partial charge in [0.05, 0.1) is 29.8 Å². The van der Waals surface area contributed by atoms with Crippen molar-refractivity contribution < 1.29 is 43.9 Å². The Morgan fingerprint density at radius 2 is 1.69 bits per heavy atom. The van der Waals surface area contributed by atoms with Crippen LogP contribution in [0.3, 0.4) is 0 Å². The van der Waals surface area contributed by atoms with Crippen molar-refractivity contribution in [2.45, 2.75) is 128 Å². The summed E-state index contributed by atoms with van der Waals surface area (Å²) in [5.74, 6) is 2.81. The van der Waals surface area contributed by atoms with Crippen molar-refractivity contribution in [2.75, 3.05) is 21.2 Å². The lowest BCUT2D eigenvalue weighted by Crippen LogP contribution is -2.59. The van der Waals surface area contributed by atoms with Crippen LogP contribution in [-0.4, -0.2) is 107 Å². The molecule has 0 radical (unpaired) electrons. The number of methoxy groups -OCH3 is 1. The van der Waals surface area contributed by atoms with Gasteiger partial charge >= 0.3 is 5.97 Å². The second kappa shape index (κ2) is 16.9. The lowest BCUT2D eigenvalue weighted by molar-refractivity contribution is -0.301. The van der Waals surface area contributed by atoms with Gasteiger partial charge in [0.25, 0.3) is 0 Å². The van der Waals surface area contributed by atoms with E-state index in [0.29, 0.717) is 6.42 Å². The summed E-state index contributed by atoms with van der Waals surface area (Å²) >= 11 is 0. The van der Waals surface area contributed by atoms with Gasteiger partial charge in [-0.3, -0.25) is 9.59 Å². The van der Waals surface area contributed by atoms with Crippen molar-refractivity contribution in [3.05, 3.63) is 47.5 Å². The molecule has 0 aromatic heterocycles. The number of nitrogens with zero attached hydrogens (tertiary/aromatic N) is 1. The molecule has 12 atom stereocenters. The Morgan fingerprint density at radius 1 is 1.04 bits per heavy atom. The zero-order valence-corrected chi connectivity index (χ0v) is 30.3. The number of carbonyl (C=O) groups is 2. The molecule has 1 aromatic carbocycles. The highest BCUT2D eigenvalue weighted by Gasteiger charge is 2.49. The van der Waals surface area contributed by atoms with Crippen LogP contribution in [0.5, 0.6) is 0 Å². The SMILES string of the molecule is CC[C@H]1OC(=O)[C@H](C)[C@@H](O)[C@H](C)[C@@H](OC2O[C@H](C)C[C@H](N(C)C)[C@H]2O)[C@@](C)(OC)C[C@@H](C)C(=O)C(CC#Cc2ccccc2)=C[C@]1(C)O. The van der Waals surface area contributed by atoms with Crippen molar-refractivity contribution in [1.82, 2.24) is 4.90 Å². The number of hydrogen-bond donors (Lipinski definition) is 3. The second-order valence-corrected chi connectivity index (χ2v) is 14.3. The van der Waals surface area contributed by atoms with Gasteiger partial charge in [0.15, 0.2) is 12.1 Å². The van der Waals surface area contributed by atoms with Crippen LogP contribution in [-0.2, 0) is 28.5 Å². The van der Waals surface area contributed by atoms with Crippen LogP contribution in [0.25, 0.3) is 0 Å². The third kappa shape index (κ3) is 9.54. The zero-order valence-electron chi connectivity index (χ0n) is 30.3. The highest BCUT2D eigenvalue weighted by Crippen LogP contribution is 2.38. The smallest absolute Gasteiger partial charge is 0.311 e. The van der Waals surface area contributed by atoms with Gasteiger partial charge in [-0.25, -0.2) is 0 Å². The molecule has 1 unspecified atom stereocenters. The van der Waals surface area contributed by atoms with Crippen LogP contribution in [0, 0.1) is 29.6 Å². The molecule has 10 nitrogen and oxygen atoms in total. The van der Waals surface area contributed by atoms with Gasteiger partial charge < -0.3 is 39.2 Å². The minimum absolute atomic E-state index is 0.0552. The summed E-state index contributed by atoms with van der Waals surface area (Å²) in [4.78, 5) is 29.7. The Morgan fingerprint density at radius 3 is 2.27 bits per heavy atom. The van der Waals surface area contributed by atoms with E-state index in [1.165, 1.54) is 20.1 Å². The number of carbonyl (C=O) groups excluding carboxylic acids is 2. The van der Waals surface area contributed by atoms with Crippen LogP contribution in [0.4, 0.5) is 0 Å². The fraction of sp³-hybridized carbons (Fsp3) is 0.684. The van der Waals surface area contributed by atoms with Crippen LogP contribution < -0.4 is 0 Å². The molecule has 0 saturated carbocycles. The summed E-state index contributed by atoms with van der Waals surface area (Å²) in [6.07, 6.45) is -2.98.